The Kier molecular flexibility index (Phi) is 4.94. The molecule has 0 aliphatic rings. The summed E-state index contributed by atoms with van der Waals surface area (Å²) in [5, 5.41) is 9.09. The predicted molar refractivity (Wildman–Crippen MR) is 64.9 cm³/mol. The molecule has 0 fully saturated rings. The highest BCUT2D eigenvalue weighted by Crippen LogP contribution is 2.32. The van der Waals surface area contributed by atoms with Gasteiger partial charge in [0.2, 0.25) is 0 Å². The third kappa shape index (κ3) is 2.72. The summed E-state index contributed by atoms with van der Waals surface area (Å²) in [6.07, 6.45) is 0. The van der Waals surface area contributed by atoms with Gasteiger partial charge in [0.1, 0.15) is 17.1 Å². The molecule has 3 N–H and O–H groups in total. The Morgan fingerprint density at radius 3 is 2.33 bits per heavy atom. The first kappa shape index (κ1) is 14.3. The van der Waals surface area contributed by atoms with Crippen LogP contribution in [-0.2, 0) is 4.74 Å². The molecule has 0 amide bonds. The van der Waals surface area contributed by atoms with Crippen molar-refractivity contribution in [1.29, 1.82) is 0 Å². The van der Waals surface area contributed by atoms with Gasteiger partial charge < -0.3 is 25.1 Å². The van der Waals surface area contributed by atoms with Gasteiger partial charge in [-0.2, -0.15) is 0 Å². The van der Waals surface area contributed by atoms with Crippen LogP contribution in [0, 0.1) is 0 Å². The third-order valence-electron chi connectivity index (χ3n) is 2.55. The van der Waals surface area contributed by atoms with E-state index in [1.807, 2.05) is 0 Å². The van der Waals surface area contributed by atoms with Crippen LogP contribution in [0.3, 0.4) is 0 Å². The van der Waals surface area contributed by atoms with Crippen molar-refractivity contribution >= 4 is 5.97 Å². The smallest absolute Gasteiger partial charge is 0.341 e. The van der Waals surface area contributed by atoms with Crippen LogP contribution in [-0.4, -0.2) is 39.0 Å². The number of aliphatic hydroxyl groups is 1. The average Bonchev–Trinajstić information content (AvgIpc) is 2.43. The van der Waals surface area contributed by atoms with Gasteiger partial charge in [-0.1, -0.05) is 0 Å². The first-order valence-electron chi connectivity index (χ1n) is 5.29. The van der Waals surface area contributed by atoms with Gasteiger partial charge in [0.15, 0.2) is 0 Å². The Bertz CT molecular complexity index is 433. The maximum Gasteiger partial charge on any atom is 0.341 e. The van der Waals surface area contributed by atoms with E-state index in [0.29, 0.717) is 17.1 Å². The topological polar surface area (TPSA) is 91.0 Å². The number of hydrogen-bond donors (Lipinski definition) is 2. The van der Waals surface area contributed by atoms with Gasteiger partial charge in [0.25, 0.3) is 0 Å². The zero-order chi connectivity index (χ0) is 13.7. The monoisotopic (exact) mass is 255 g/mol. The highest BCUT2D eigenvalue weighted by atomic mass is 16.5. The van der Waals surface area contributed by atoms with E-state index in [2.05, 4.69) is 4.74 Å². The molecular formula is C12H17NO5. The normalized spacial score (nSPS) is 11.8. The Morgan fingerprint density at radius 2 is 1.89 bits per heavy atom. The van der Waals surface area contributed by atoms with E-state index in [1.54, 1.807) is 0 Å². The van der Waals surface area contributed by atoms with Gasteiger partial charge in [-0.25, -0.2) is 4.79 Å². The Labute approximate surface area is 105 Å². The van der Waals surface area contributed by atoms with Crippen molar-refractivity contribution in [2.24, 2.45) is 5.73 Å². The van der Waals surface area contributed by atoms with Crippen molar-refractivity contribution < 1.29 is 24.1 Å². The summed E-state index contributed by atoms with van der Waals surface area (Å²) >= 11 is 0. The predicted octanol–water partition coefficient (Wildman–Crippen LogP) is 0.483. The number of benzene rings is 1. The quantitative estimate of drug-likeness (QED) is 0.744. The first-order valence-corrected chi connectivity index (χ1v) is 5.29. The number of aliphatic hydroxyl groups excluding tert-OH is 1. The van der Waals surface area contributed by atoms with Crippen LogP contribution in [0.4, 0.5) is 0 Å². The van der Waals surface area contributed by atoms with Crippen molar-refractivity contribution in [2.45, 2.75) is 6.04 Å². The van der Waals surface area contributed by atoms with Gasteiger partial charge >= 0.3 is 5.97 Å². The summed E-state index contributed by atoms with van der Waals surface area (Å²) < 4.78 is 14.9. The van der Waals surface area contributed by atoms with E-state index in [-0.39, 0.29) is 12.2 Å². The molecule has 100 valence electrons. The molecule has 1 aromatic rings. The summed E-state index contributed by atoms with van der Waals surface area (Å²) in [6, 6.07) is 2.40. The molecule has 0 aliphatic heterocycles. The molecule has 0 heterocycles. The number of carbonyl (C=O) groups excluding carboxylic acids is 1. The van der Waals surface area contributed by atoms with Crippen LogP contribution in [0.5, 0.6) is 11.5 Å². The lowest BCUT2D eigenvalue weighted by Gasteiger charge is -2.17. The minimum atomic E-state index is -0.644. The van der Waals surface area contributed by atoms with E-state index in [0.717, 1.165) is 0 Å². The van der Waals surface area contributed by atoms with E-state index in [1.165, 1.54) is 33.5 Å². The molecule has 0 saturated carbocycles. The van der Waals surface area contributed by atoms with Crippen molar-refractivity contribution in [3.05, 3.63) is 23.3 Å². The summed E-state index contributed by atoms with van der Waals surface area (Å²) in [7, 11) is 4.19. The van der Waals surface area contributed by atoms with Crippen LogP contribution in [0.1, 0.15) is 22.0 Å². The molecule has 1 aromatic carbocycles. The van der Waals surface area contributed by atoms with Gasteiger partial charge in [-0.05, 0) is 6.07 Å². The summed E-state index contributed by atoms with van der Waals surface area (Å²) in [4.78, 5) is 11.6. The molecule has 6 nitrogen and oxygen atoms in total. The molecule has 0 aliphatic carbocycles. The Balaban J connectivity index is 3.38. The summed E-state index contributed by atoms with van der Waals surface area (Å²) in [6.45, 7) is -0.261. The van der Waals surface area contributed by atoms with E-state index >= 15 is 0 Å². The van der Waals surface area contributed by atoms with Gasteiger partial charge in [0, 0.05) is 11.6 Å². The SMILES string of the molecule is COC(=O)c1cc([C@@H](N)CO)c(OC)cc1OC. The lowest BCUT2D eigenvalue weighted by molar-refractivity contribution is 0.0596. The first-order chi connectivity index (χ1) is 8.58. The standard InChI is InChI=1S/C12H17NO5/c1-16-10-5-11(17-2)8(12(15)18-3)4-7(10)9(13)6-14/h4-5,9,14H,6,13H2,1-3H3/t9-/m0/s1. The molecule has 0 spiro atoms. The number of methoxy groups -OCH3 is 3. The maximum absolute atomic E-state index is 11.6. The minimum Gasteiger partial charge on any atom is -0.496 e. The lowest BCUT2D eigenvalue weighted by atomic mass is 10.0. The van der Waals surface area contributed by atoms with Crippen LogP contribution >= 0.6 is 0 Å². The van der Waals surface area contributed by atoms with Crippen LogP contribution < -0.4 is 15.2 Å². The molecule has 1 rings (SSSR count). The third-order valence-corrected chi connectivity index (χ3v) is 2.55. The molecule has 0 bridgehead atoms. The largest absolute Gasteiger partial charge is 0.496 e. The molecule has 0 saturated heterocycles. The number of nitrogens with two attached hydrogens (primary N) is 1. The van der Waals surface area contributed by atoms with Gasteiger partial charge in [-0.15, -0.1) is 0 Å². The highest BCUT2D eigenvalue weighted by molar-refractivity contribution is 5.93. The number of carbonyl (C=O) groups is 1. The van der Waals surface area contributed by atoms with Crippen LogP contribution in [0.25, 0.3) is 0 Å². The Morgan fingerprint density at radius 1 is 1.28 bits per heavy atom. The zero-order valence-corrected chi connectivity index (χ0v) is 10.6. The summed E-state index contributed by atoms with van der Waals surface area (Å²) in [5.41, 5.74) is 6.50. The second-order valence-corrected chi connectivity index (χ2v) is 3.58. The number of rotatable bonds is 5. The van der Waals surface area contributed by atoms with Crippen LogP contribution in [0.15, 0.2) is 12.1 Å². The molecule has 18 heavy (non-hydrogen) atoms. The highest BCUT2D eigenvalue weighted by Gasteiger charge is 2.20. The lowest BCUT2D eigenvalue weighted by Crippen LogP contribution is -2.17. The molecule has 0 unspecified atom stereocenters. The van der Waals surface area contributed by atoms with Gasteiger partial charge in [0.05, 0.1) is 34.0 Å². The summed E-state index contributed by atoms with van der Waals surface area (Å²) in [5.74, 6) is 0.231. The number of ether oxygens (including phenoxy) is 3. The maximum atomic E-state index is 11.6. The fourth-order valence-electron chi connectivity index (χ4n) is 1.58. The minimum absolute atomic E-state index is 0.236. The van der Waals surface area contributed by atoms with Crippen molar-refractivity contribution in [2.75, 3.05) is 27.9 Å². The molecule has 1 atom stereocenters. The molecular weight excluding hydrogens is 238 g/mol. The van der Waals surface area contributed by atoms with E-state index < -0.39 is 12.0 Å². The number of hydrogen-bond acceptors (Lipinski definition) is 6. The average molecular weight is 255 g/mol. The Hall–Kier alpha value is -1.79. The molecule has 0 aromatic heterocycles. The van der Waals surface area contributed by atoms with Crippen LogP contribution in [0.2, 0.25) is 0 Å². The van der Waals surface area contributed by atoms with Crippen molar-refractivity contribution in [3.8, 4) is 11.5 Å². The number of esters is 1. The van der Waals surface area contributed by atoms with Gasteiger partial charge in [-0.3, -0.25) is 0 Å². The molecule has 6 heteroatoms. The van der Waals surface area contributed by atoms with E-state index in [4.69, 9.17) is 20.3 Å². The second kappa shape index (κ2) is 6.23. The van der Waals surface area contributed by atoms with E-state index in [9.17, 15) is 4.79 Å². The van der Waals surface area contributed by atoms with Crippen molar-refractivity contribution in [3.63, 3.8) is 0 Å². The van der Waals surface area contributed by atoms with Crippen molar-refractivity contribution in [1.82, 2.24) is 0 Å². The fourth-order valence-corrected chi connectivity index (χ4v) is 1.58. The fraction of sp³-hybridized carbons (Fsp3) is 0.417. The molecule has 0 radical (unpaired) electrons. The second-order valence-electron chi connectivity index (χ2n) is 3.58. The zero-order valence-electron chi connectivity index (χ0n) is 10.6.